The molecule has 0 spiro atoms. The zero-order valence-corrected chi connectivity index (χ0v) is 23.0. The van der Waals surface area contributed by atoms with E-state index in [1.54, 1.807) is 0 Å². The summed E-state index contributed by atoms with van der Waals surface area (Å²) >= 11 is 0. The van der Waals surface area contributed by atoms with E-state index in [1.807, 2.05) is 72.7 Å². The summed E-state index contributed by atoms with van der Waals surface area (Å²) in [5.74, 6) is 1.81. The molecule has 1 rings (SSSR count). The molecule has 0 fully saturated rings. The molecule has 178 valence electrons. The highest BCUT2D eigenvalue weighted by Crippen LogP contribution is 2.12. The van der Waals surface area contributed by atoms with Crippen molar-refractivity contribution in [3.63, 3.8) is 0 Å². The molecule has 0 saturated heterocycles. The fraction of sp³-hybridized carbons (Fsp3) is 0.786. The highest BCUT2D eigenvalue weighted by Gasteiger charge is 2.00. The van der Waals surface area contributed by atoms with Gasteiger partial charge in [-0.3, -0.25) is 0 Å². The average Bonchev–Trinajstić information content (AvgIpc) is 2.75. The van der Waals surface area contributed by atoms with Crippen molar-refractivity contribution in [2.75, 3.05) is 5.73 Å². The third kappa shape index (κ3) is 46.8. The van der Waals surface area contributed by atoms with Gasteiger partial charge < -0.3 is 5.73 Å². The molecule has 0 aliphatic rings. The number of anilines is 1. The molecule has 0 heterocycles. The van der Waals surface area contributed by atoms with Crippen LogP contribution in [-0.2, 0) is 0 Å². The SMILES string of the molecule is CC.CC.CC.CCC(C)CC(C)C.CCCCCCC.Cc1ccc(N)cc1. The van der Waals surface area contributed by atoms with Crippen LogP contribution in [0.2, 0.25) is 0 Å². The van der Waals surface area contributed by atoms with Gasteiger partial charge in [-0.25, -0.2) is 0 Å². The predicted octanol–water partition coefficient (Wildman–Crippen LogP) is 10.7. The Balaban J connectivity index is -0.0000000878. The topological polar surface area (TPSA) is 26.0 Å². The molecule has 0 aliphatic heterocycles. The van der Waals surface area contributed by atoms with Gasteiger partial charge in [-0.2, -0.15) is 0 Å². The maximum absolute atomic E-state index is 5.43. The minimum absolute atomic E-state index is 0.829. The molecule has 0 aliphatic carbocycles. The lowest BCUT2D eigenvalue weighted by Gasteiger charge is -2.09. The van der Waals surface area contributed by atoms with Gasteiger partial charge in [0, 0.05) is 5.69 Å². The number of unbranched alkanes of at least 4 members (excludes halogenated alkanes) is 4. The highest BCUT2D eigenvalue weighted by molar-refractivity contribution is 5.38. The van der Waals surface area contributed by atoms with Crippen molar-refractivity contribution >= 4 is 5.69 Å². The minimum Gasteiger partial charge on any atom is -0.399 e. The first-order valence-electron chi connectivity index (χ1n) is 12.7. The Morgan fingerprint density at radius 3 is 1.28 bits per heavy atom. The first-order chi connectivity index (χ1) is 13.9. The van der Waals surface area contributed by atoms with Gasteiger partial charge >= 0.3 is 0 Å². The molecule has 1 aromatic rings. The summed E-state index contributed by atoms with van der Waals surface area (Å²) < 4.78 is 0. The fourth-order valence-electron chi connectivity index (χ4n) is 2.21. The van der Waals surface area contributed by atoms with Crippen molar-refractivity contribution in [1.29, 1.82) is 0 Å². The van der Waals surface area contributed by atoms with E-state index in [-0.39, 0.29) is 0 Å². The van der Waals surface area contributed by atoms with Gasteiger partial charge in [0.15, 0.2) is 0 Å². The Labute approximate surface area is 188 Å². The van der Waals surface area contributed by atoms with Crippen molar-refractivity contribution in [2.45, 2.75) is 135 Å². The van der Waals surface area contributed by atoms with Crippen LogP contribution in [0.5, 0.6) is 0 Å². The van der Waals surface area contributed by atoms with Gasteiger partial charge in [-0.15, -0.1) is 0 Å². The standard InChI is InChI=1S/C8H18.C7H9N.C7H16.3C2H6/c1-5-8(4)6-7(2)3;1-6-2-4-7(8)5-3-6;1-3-5-7-6-4-2;3*1-2/h7-8H,5-6H2,1-4H3;2-5H,8H2,1H3;3-7H2,1-2H3;3*1-2H3. The van der Waals surface area contributed by atoms with E-state index in [9.17, 15) is 0 Å². The maximum atomic E-state index is 5.43. The minimum atomic E-state index is 0.829. The molecule has 1 nitrogen and oxygen atoms in total. The zero-order chi connectivity index (χ0) is 24.1. The van der Waals surface area contributed by atoms with Crippen molar-refractivity contribution < 1.29 is 0 Å². The summed E-state index contributed by atoms with van der Waals surface area (Å²) in [6, 6.07) is 7.79. The predicted molar refractivity (Wildman–Crippen MR) is 143 cm³/mol. The van der Waals surface area contributed by atoms with Gasteiger partial charge in [-0.1, -0.05) is 139 Å². The van der Waals surface area contributed by atoms with E-state index in [4.69, 9.17) is 5.73 Å². The van der Waals surface area contributed by atoms with Crippen LogP contribution in [-0.4, -0.2) is 0 Å². The van der Waals surface area contributed by atoms with Gasteiger partial charge in [0.25, 0.3) is 0 Å². The molecule has 0 radical (unpaired) electrons. The normalized spacial score (nSPS) is 9.45. The van der Waals surface area contributed by atoms with Crippen molar-refractivity contribution in [2.24, 2.45) is 11.8 Å². The second-order valence-corrected chi connectivity index (χ2v) is 7.11. The highest BCUT2D eigenvalue weighted by atomic mass is 14.5. The summed E-state index contributed by atoms with van der Waals surface area (Å²) in [7, 11) is 0. The molecule has 0 aromatic heterocycles. The number of hydrogen-bond acceptors (Lipinski definition) is 1. The molecule has 0 saturated carbocycles. The van der Waals surface area contributed by atoms with Crippen molar-refractivity contribution in [1.82, 2.24) is 0 Å². The number of rotatable bonds is 7. The number of hydrogen-bond donors (Lipinski definition) is 1. The van der Waals surface area contributed by atoms with Crippen LogP contribution in [0.15, 0.2) is 24.3 Å². The molecule has 0 amide bonds. The third-order valence-electron chi connectivity index (χ3n) is 3.86. The zero-order valence-electron chi connectivity index (χ0n) is 23.0. The lowest BCUT2D eigenvalue weighted by atomic mass is 9.97. The largest absolute Gasteiger partial charge is 0.399 e. The van der Waals surface area contributed by atoms with Crippen LogP contribution in [0.4, 0.5) is 5.69 Å². The van der Waals surface area contributed by atoms with Gasteiger partial charge in [-0.05, 0) is 37.3 Å². The van der Waals surface area contributed by atoms with Crippen LogP contribution >= 0.6 is 0 Å². The smallest absolute Gasteiger partial charge is 0.0314 e. The molecule has 1 atom stereocenters. The molecular weight excluding hydrogens is 350 g/mol. The Kier molecular flexibility index (Phi) is 50.2. The molecule has 1 heteroatoms. The quantitative estimate of drug-likeness (QED) is 0.350. The molecule has 0 bridgehead atoms. The summed E-state index contributed by atoms with van der Waals surface area (Å²) in [6.45, 7) is 27.7. The monoisotopic (exact) mass is 411 g/mol. The van der Waals surface area contributed by atoms with Crippen LogP contribution in [0.1, 0.15) is 134 Å². The number of benzene rings is 1. The van der Waals surface area contributed by atoms with Crippen molar-refractivity contribution in [3.8, 4) is 0 Å². The Morgan fingerprint density at radius 1 is 0.690 bits per heavy atom. The molecular formula is C28H61N. The van der Waals surface area contributed by atoms with Gasteiger partial charge in [0.2, 0.25) is 0 Å². The van der Waals surface area contributed by atoms with E-state index in [0.29, 0.717) is 0 Å². The molecule has 1 unspecified atom stereocenters. The van der Waals surface area contributed by atoms with E-state index in [2.05, 4.69) is 41.5 Å². The second kappa shape index (κ2) is 37.7. The third-order valence-corrected chi connectivity index (χ3v) is 3.86. The van der Waals surface area contributed by atoms with Gasteiger partial charge in [0.1, 0.15) is 0 Å². The van der Waals surface area contributed by atoms with E-state index in [1.165, 1.54) is 50.5 Å². The second-order valence-electron chi connectivity index (χ2n) is 7.11. The van der Waals surface area contributed by atoms with Crippen LogP contribution in [0.25, 0.3) is 0 Å². The van der Waals surface area contributed by atoms with Crippen LogP contribution in [0, 0.1) is 18.8 Å². The summed E-state index contributed by atoms with van der Waals surface area (Å²) in [5, 5.41) is 0. The van der Waals surface area contributed by atoms with Crippen molar-refractivity contribution in [3.05, 3.63) is 29.8 Å². The van der Waals surface area contributed by atoms with E-state index < -0.39 is 0 Å². The summed E-state index contributed by atoms with van der Waals surface area (Å²) in [6.07, 6.45) is 9.73. The Bertz CT molecular complexity index is 302. The van der Waals surface area contributed by atoms with Gasteiger partial charge in [0.05, 0.1) is 0 Å². The Morgan fingerprint density at radius 2 is 1.07 bits per heavy atom. The average molecular weight is 412 g/mol. The summed E-state index contributed by atoms with van der Waals surface area (Å²) in [5.41, 5.74) is 7.51. The molecule has 2 N–H and O–H groups in total. The molecule has 1 aromatic carbocycles. The first-order valence-corrected chi connectivity index (χ1v) is 12.7. The summed E-state index contributed by atoms with van der Waals surface area (Å²) in [4.78, 5) is 0. The van der Waals surface area contributed by atoms with Crippen LogP contribution in [0.3, 0.4) is 0 Å². The number of nitrogen functional groups attached to an aromatic ring is 1. The first kappa shape index (κ1) is 38.6. The maximum Gasteiger partial charge on any atom is 0.0314 e. The fourth-order valence-corrected chi connectivity index (χ4v) is 2.21. The van der Waals surface area contributed by atoms with E-state index in [0.717, 1.165) is 17.5 Å². The number of aryl methyl sites for hydroxylation is 1. The van der Waals surface area contributed by atoms with E-state index >= 15 is 0 Å². The molecule has 29 heavy (non-hydrogen) atoms. The Hall–Kier alpha value is -0.980. The lowest BCUT2D eigenvalue weighted by molar-refractivity contribution is 0.429. The number of nitrogens with two attached hydrogens (primary N) is 1. The van der Waals surface area contributed by atoms with Crippen LogP contribution < -0.4 is 5.73 Å². The lowest BCUT2D eigenvalue weighted by Crippen LogP contribution is -1.97.